The van der Waals surface area contributed by atoms with E-state index in [0.29, 0.717) is 73.4 Å². The highest BCUT2D eigenvalue weighted by atomic mass is 35.5. The molecule has 5 aromatic rings. The zero-order valence-electron chi connectivity index (χ0n) is 29.3. The molecule has 0 bridgehead atoms. The van der Waals surface area contributed by atoms with Gasteiger partial charge in [-0.2, -0.15) is 0 Å². The van der Waals surface area contributed by atoms with Crippen LogP contribution in [-0.2, 0) is 22.7 Å². The fourth-order valence-corrected chi connectivity index (χ4v) is 7.34. The van der Waals surface area contributed by atoms with Gasteiger partial charge in [-0.3, -0.25) is 18.8 Å². The number of halogens is 1. The van der Waals surface area contributed by atoms with Crippen LogP contribution in [0, 0.1) is 6.92 Å². The van der Waals surface area contributed by atoms with Gasteiger partial charge in [0, 0.05) is 85.8 Å². The van der Waals surface area contributed by atoms with Crippen LogP contribution in [0.3, 0.4) is 0 Å². The Kier molecular flexibility index (Phi) is 10.6. The summed E-state index contributed by atoms with van der Waals surface area (Å²) in [5, 5.41) is 13.2. The van der Waals surface area contributed by atoms with Gasteiger partial charge in [-0.05, 0) is 67.1 Å². The lowest BCUT2D eigenvalue weighted by molar-refractivity contribution is -0.120. The summed E-state index contributed by atoms with van der Waals surface area (Å²) in [4.78, 5) is 45.9. The van der Waals surface area contributed by atoms with Crippen molar-refractivity contribution >= 4 is 29.1 Å². The van der Waals surface area contributed by atoms with E-state index in [9.17, 15) is 14.4 Å². The highest BCUT2D eigenvalue weighted by molar-refractivity contribution is 6.36. The van der Waals surface area contributed by atoms with E-state index in [0.717, 1.165) is 51.8 Å². The number of hydrogen-bond acceptors (Lipinski definition) is 8. The van der Waals surface area contributed by atoms with E-state index in [2.05, 4.69) is 45.3 Å². The molecule has 2 atom stereocenters. The van der Waals surface area contributed by atoms with Gasteiger partial charge in [-0.1, -0.05) is 54.1 Å². The third-order valence-electron chi connectivity index (χ3n) is 9.79. The van der Waals surface area contributed by atoms with Gasteiger partial charge in [0.1, 0.15) is 5.65 Å². The molecule has 2 amide bonds. The molecular weight excluding hydrogens is 678 g/mol. The summed E-state index contributed by atoms with van der Waals surface area (Å²) in [5.41, 5.74) is 8.27. The molecule has 2 aromatic carbocycles. The Morgan fingerprint density at radius 1 is 0.846 bits per heavy atom. The molecule has 0 unspecified atom stereocenters. The molecule has 0 aliphatic carbocycles. The van der Waals surface area contributed by atoms with Crippen molar-refractivity contribution in [1.82, 2.24) is 35.6 Å². The van der Waals surface area contributed by atoms with Crippen molar-refractivity contribution in [3.63, 3.8) is 0 Å². The van der Waals surface area contributed by atoms with E-state index in [1.807, 2.05) is 55.5 Å². The maximum Gasteiger partial charge on any atom is 0.262 e. The highest BCUT2D eigenvalue weighted by Gasteiger charge is 2.22. The summed E-state index contributed by atoms with van der Waals surface area (Å²) >= 11 is 7.18. The molecule has 5 heterocycles. The van der Waals surface area contributed by atoms with Crippen LogP contribution < -0.4 is 31.6 Å². The monoisotopic (exact) mass is 719 g/mol. The topological polar surface area (TPSA) is 139 Å². The van der Waals surface area contributed by atoms with E-state index < -0.39 is 0 Å². The first-order valence-corrected chi connectivity index (χ1v) is 18.2. The van der Waals surface area contributed by atoms with E-state index in [1.54, 1.807) is 16.8 Å². The average molecular weight is 720 g/mol. The van der Waals surface area contributed by atoms with Gasteiger partial charge in [-0.25, -0.2) is 9.97 Å². The predicted molar refractivity (Wildman–Crippen MR) is 202 cm³/mol. The minimum absolute atomic E-state index is 0.0705. The van der Waals surface area contributed by atoms with Crippen molar-refractivity contribution in [3.8, 4) is 39.4 Å². The lowest BCUT2D eigenvalue weighted by Crippen LogP contribution is -2.36. The highest BCUT2D eigenvalue weighted by Crippen LogP contribution is 2.40. The molecule has 0 spiro atoms. The number of pyridine rings is 2. The van der Waals surface area contributed by atoms with Crippen molar-refractivity contribution in [2.75, 3.05) is 19.7 Å². The summed E-state index contributed by atoms with van der Waals surface area (Å²) in [6, 6.07) is 20.2. The van der Waals surface area contributed by atoms with Gasteiger partial charge >= 0.3 is 0 Å². The molecule has 3 aromatic heterocycles. The number of benzene rings is 2. The van der Waals surface area contributed by atoms with Crippen LogP contribution in [0.1, 0.15) is 49.3 Å². The second-order valence-electron chi connectivity index (χ2n) is 13.3. The molecular formula is C40H42ClN7O4. The van der Waals surface area contributed by atoms with Crippen LogP contribution >= 0.6 is 11.6 Å². The standard InChI is InChI=1S/C40H42ClN7O4/c1-3-52-39-26(19-42-22-28-11-14-36(49)45-28)10-13-34(47-39)33-9-5-8-32(38(33)41)31-7-4-6-30(24(31)2)25-16-17-48-35(18-25)44-21-27(40(48)51)20-43-23-29-12-15-37(50)46-29/h4-10,13,16-18,21,28-29,42-43H,3,11-12,14-15,19-20,22-23H2,1-2H3,(H,45,49)(H,46,50)/t28-,29+/m1/s1. The maximum atomic E-state index is 13.3. The van der Waals surface area contributed by atoms with Crippen LogP contribution in [-0.4, -0.2) is 58.0 Å². The van der Waals surface area contributed by atoms with Gasteiger partial charge < -0.3 is 26.0 Å². The molecule has 52 heavy (non-hydrogen) atoms. The van der Waals surface area contributed by atoms with Gasteiger partial charge in [0.05, 0.1) is 17.3 Å². The van der Waals surface area contributed by atoms with Crippen molar-refractivity contribution in [1.29, 1.82) is 0 Å². The smallest absolute Gasteiger partial charge is 0.262 e. The molecule has 2 fully saturated rings. The molecule has 2 saturated heterocycles. The number of nitrogens with one attached hydrogen (secondary N) is 4. The molecule has 11 nitrogen and oxygen atoms in total. The number of fused-ring (bicyclic) bond motifs is 1. The summed E-state index contributed by atoms with van der Waals surface area (Å²) in [6.07, 6.45) is 6.15. The number of hydrogen-bond donors (Lipinski definition) is 4. The van der Waals surface area contributed by atoms with Gasteiger partial charge in [-0.15, -0.1) is 0 Å². The van der Waals surface area contributed by atoms with Crippen LogP contribution in [0.25, 0.3) is 39.2 Å². The zero-order valence-corrected chi connectivity index (χ0v) is 30.1. The van der Waals surface area contributed by atoms with E-state index in [4.69, 9.17) is 21.3 Å². The number of rotatable bonds is 13. The lowest BCUT2D eigenvalue weighted by atomic mass is 9.92. The summed E-state index contributed by atoms with van der Waals surface area (Å²) in [6.45, 7) is 6.70. The van der Waals surface area contributed by atoms with Crippen LogP contribution in [0.4, 0.5) is 0 Å². The van der Waals surface area contributed by atoms with Crippen molar-refractivity contribution in [2.45, 2.75) is 64.7 Å². The Bertz CT molecular complexity index is 2200. The minimum atomic E-state index is -0.127. The Labute approximate surface area is 307 Å². The Balaban J connectivity index is 1.11. The second-order valence-corrected chi connectivity index (χ2v) is 13.7. The SMILES string of the molecule is CCOc1nc(-c2cccc(-c3cccc(-c4ccn5c(=O)c(CNC[C@@H]6CCC(=O)N6)cnc5c4)c3C)c2Cl)ccc1CNC[C@H]1CCC(=O)N1. The maximum absolute atomic E-state index is 13.3. The molecule has 7 rings (SSSR count). The van der Waals surface area contributed by atoms with Crippen LogP contribution in [0.2, 0.25) is 5.02 Å². The van der Waals surface area contributed by atoms with Crippen molar-refractivity contribution < 1.29 is 14.3 Å². The molecule has 12 heteroatoms. The molecule has 2 aliphatic rings. The normalized spacial score (nSPS) is 17.1. The average Bonchev–Trinajstić information content (AvgIpc) is 3.77. The Morgan fingerprint density at radius 3 is 2.17 bits per heavy atom. The van der Waals surface area contributed by atoms with Gasteiger partial charge in [0.15, 0.2) is 0 Å². The van der Waals surface area contributed by atoms with Gasteiger partial charge in [0.2, 0.25) is 17.7 Å². The van der Waals surface area contributed by atoms with Crippen molar-refractivity contribution in [3.05, 3.63) is 105 Å². The summed E-state index contributed by atoms with van der Waals surface area (Å²) < 4.78 is 7.52. The Morgan fingerprint density at radius 2 is 1.50 bits per heavy atom. The quantitative estimate of drug-likeness (QED) is 0.131. The molecule has 0 saturated carbocycles. The first-order valence-electron chi connectivity index (χ1n) is 17.8. The molecule has 4 N–H and O–H groups in total. The number of aromatic nitrogens is 3. The molecule has 0 radical (unpaired) electrons. The van der Waals surface area contributed by atoms with E-state index in [-0.39, 0.29) is 29.5 Å². The number of ether oxygens (including phenoxy) is 1. The van der Waals surface area contributed by atoms with Crippen LogP contribution in [0.15, 0.2) is 77.9 Å². The number of carbonyl (C=O) groups excluding carboxylic acids is 2. The third kappa shape index (κ3) is 7.57. The third-order valence-corrected chi connectivity index (χ3v) is 10.2. The number of amides is 2. The fraction of sp³-hybridized carbons (Fsp3) is 0.325. The predicted octanol–water partition coefficient (Wildman–Crippen LogP) is 5.19. The first-order chi connectivity index (χ1) is 25.3. The largest absolute Gasteiger partial charge is 0.478 e. The second kappa shape index (κ2) is 15.6. The first kappa shape index (κ1) is 35.3. The van der Waals surface area contributed by atoms with E-state index >= 15 is 0 Å². The van der Waals surface area contributed by atoms with Crippen LogP contribution in [0.5, 0.6) is 5.88 Å². The summed E-state index contributed by atoms with van der Waals surface area (Å²) in [5.74, 6) is 0.723. The summed E-state index contributed by atoms with van der Waals surface area (Å²) in [7, 11) is 0. The molecule has 268 valence electrons. The lowest BCUT2D eigenvalue weighted by Gasteiger charge is -2.17. The number of nitrogens with zero attached hydrogens (tertiary/aromatic N) is 3. The van der Waals surface area contributed by atoms with Gasteiger partial charge in [0.25, 0.3) is 5.56 Å². The minimum Gasteiger partial charge on any atom is -0.478 e. The zero-order chi connectivity index (χ0) is 36.2. The van der Waals surface area contributed by atoms with Crippen molar-refractivity contribution in [2.24, 2.45) is 0 Å². The van der Waals surface area contributed by atoms with E-state index in [1.165, 1.54) is 0 Å². The number of carbonyl (C=O) groups is 2. The fourth-order valence-electron chi connectivity index (χ4n) is 7.02. The molecule has 2 aliphatic heterocycles. The Hall–Kier alpha value is -5.10.